The van der Waals surface area contributed by atoms with Crippen LogP contribution in [0, 0.1) is 0 Å². The van der Waals surface area contributed by atoms with Crippen molar-refractivity contribution in [2.45, 2.75) is 63.4 Å². The van der Waals surface area contributed by atoms with Gasteiger partial charge in [-0.1, -0.05) is 0 Å². The number of aryl methyl sites for hydroxylation is 1. The number of likely N-dealkylation sites (tertiary alicyclic amines) is 2. The zero-order valence-corrected chi connectivity index (χ0v) is 15.1. The number of hydrogen-bond donors (Lipinski definition) is 2. The molecular formula is C19H30N4O2. The smallest absolute Gasteiger partial charge is 0.274 e. The second kappa shape index (κ2) is 7.08. The van der Waals surface area contributed by atoms with E-state index in [1.54, 1.807) is 0 Å². The number of amides is 1. The van der Waals surface area contributed by atoms with E-state index in [2.05, 4.69) is 15.1 Å². The molecule has 2 fully saturated rings. The molecule has 2 N–H and O–H groups in total. The average Bonchev–Trinajstić information content (AvgIpc) is 3.22. The summed E-state index contributed by atoms with van der Waals surface area (Å²) in [5.74, 6) is 0.0461. The van der Waals surface area contributed by atoms with Crippen molar-refractivity contribution in [1.29, 1.82) is 0 Å². The van der Waals surface area contributed by atoms with Crippen LogP contribution < -0.4 is 0 Å². The van der Waals surface area contributed by atoms with E-state index in [0.717, 1.165) is 69.5 Å². The summed E-state index contributed by atoms with van der Waals surface area (Å²) in [6.07, 6.45) is 9.08. The number of H-pyrrole nitrogens is 1. The largest absolute Gasteiger partial charge is 0.388 e. The average molecular weight is 346 g/mol. The third-order valence-corrected chi connectivity index (χ3v) is 6.18. The van der Waals surface area contributed by atoms with Crippen molar-refractivity contribution in [3.05, 3.63) is 17.0 Å². The lowest BCUT2D eigenvalue weighted by atomic mass is 9.94. The molecule has 0 aromatic carbocycles. The number of rotatable bonds is 3. The van der Waals surface area contributed by atoms with Crippen molar-refractivity contribution in [3.63, 3.8) is 0 Å². The van der Waals surface area contributed by atoms with Crippen LogP contribution in [0.1, 0.15) is 66.7 Å². The van der Waals surface area contributed by atoms with Crippen molar-refractivity contribution >= 4 is 5.91 Å². The lowest BCUT2D eigenvalue weighted by Crippen LogP contribution is -2.43. The van der Waals surface area contributed by atoms with E-state index in [1.165, 1.54) is 19.3 Å². The van der Waals surface area contributed by atoms with Gasteiger partial charge in [-0.25, -0.2) is 0 Å². The van der Waals surface area contributed by atoms with Crippen LogP contribution in [0.25, 0.3) is 0 Å². The number of nitrogens with one attached hydrogen (secondary N) is 1. The van der Waals surface area contributed by atoms with Crippen LogP contribution in [0.3, 0.4) is 0 Å². The number of aromatic amines is 1. The van der Waals surface area contributed by atoms with Gasteiger partial charge in [-0.2, -0.15) is 5.10 Å². The maximum Gasteiger partial charge on any atom is 0.274 e. The van der Waals surface area contributed by atoms with E-state index >= 15 is 0 Å². The highest BCUT2D eigenvalue weighted by Crippen LogP contribution is 2.27. The number of aromatic nitrogens is 2. The Morgan fingerprint density at radius 3 is 2.68 bits per heavy atom. The summed E-state index contributed by atoms with van der Waals surface area (Å²) in [5, 5.41) is 18.4. The van der Waals surface area contributed by atoms with Crippen LogP contribution in [0.5, 0.6) is 0 Å². The number of aliphatic hydroxyl groups is 1. The van der Waals surface area contributed by atoms with Gasteiger partial charge in [0.1, 0.15) is 0 Å². The molecule has 0 saturated carbocycles. The number of nitrogens with zero attached hydrogens (tertiary/aromatic N) is 3. The highest BCUT2D eigenvalue weighted by Gasteiger charge is 2.35. The van der Waals surface area contributed by atoms with Crippen LogP contribution in [-0.4, -0.2) is 69.3 Å². The standard InChI is InChI=1S/C19H30N4O2/c24-18(17-15-6-1-2-7-16(15)20-21-17)23-12-5-8-19(25,9-13-23)14-22-10-3-4-11-22/h25H,1-14H2,(H,20,21). The topological polar surface area (TPSA) is 72.5 Å². The van der Waals surface area contributed by atoms with Crippen LogP contribution in [-0.2, 0) is 12.8 Å². The molecule has 0 bridgehead atoms. The van der Waals surface area contributed by atoms with E-state index in [0.29, 0.717) is 18.7 Å². The first kappa shape index (κ1) is 17.0. The van der Waals surface area contributed by atoms with E-state index in [-0.39, 0.29) is 5.91 Å². The second-order valence-corrected chi connectivity index (χ2v) is 8.09. The molecule has 3 aliphatic rings. The molecular weight excluding hydrogens is 316 g/mol. The summed E-state index contributed by atoms with van der Waals surface area (Å²) in [4.78, 5) is 17.3. The molecule has 0 spiro atoms. The highest BCUT2D eigenvalue weighted by atomic mass is 16.3. The van der Waals surface area contributed by atoms with Gasteiger partial charge < -0.3 is 14.9 Å². The first-order valence-corrected chi connectivity index (χ1v) is 9.95. The van der Waals surface area contributed by atoms with Gasteiger partial charge in [0.25, 0.3) is 5.91 Å². The summed E-state index contributed by atoms with van der Waals surface area (Å²) in [7, 11) is 0. The van der Waals surface area contributed by atoms with Gasteiger partial charge in [0.05, 0.1) is 5.60 Å². The molecule has 138 valence electrons. The van der Waals surface area contributed by atoms with Crippen molar-refractivity contribution in [2.75, 3.05) is 32.7 Å². The molecule has 6 nitrogen and oxygen atoms in total. The maximum absolute atomic E-state index is 13.0. The Labute approximate surface area is 149 Å². The van der Waals surface area contributed by atoms with Gasteiger partial charge in [-0.05, 0) is 70.9 Å². The molecule has 1 aromatic heterocycles. The van der Waals surface area contributed by atoms with Crippen molar-refractivity contribution in [1.82, 2.24) is 20.0 Å². The summed E-state index contributed by atoms with van der Waals surface area (Å²) in [6.45, 7) is 4.31. The predicted octanol–water partition coefficient (Wildman–Crippen LogP) is 1.74. The minimum atomic E-state index is -0.648. The summed E-state index contributed by atoms with van der Waals surface area (Å²) in [5.41, 5.74) is 2.26. The maximum atomic E-state index is 13.0. The number of carbonyl (C=O) groups is 1. The van der Waals surface area contributed by atoms with Crippen LogP contribution in [0.15, 0.2) is 0 Å². The van der Waals surface area contributed by atoms with Gasteiger partial charge in [0.15, 0.2) is 5.69 Å². The van der Waals surface area contributed by atoms with E-state index in [4.69, 9.17) is 0 Å². The lowest BCUT2D eigenvalue weighted by Gasteiger charge is -2.31. The number of hydrogen-bond acceptors (Lipinski definition) is 4. The summed E-state index contributed by atoms with van der Waals surface area (Å²) < 4.78 is 0. The monoisotopic (exact) mass is 346 g/mol. The SMILES string of the molecule is O=C(c1n[nH]c2c1CCCC2)N1CCCC(O)(CN2CCCC2)CC1. The molecule has 1 atom stereocenters. The third kappa shape index (κ3) is 3.60. The fourth-order valence-corrected chi connectivity index (χ4v) is 4.70. The third-order valence-electron chi connectivity index (χ3n) is 6.18. The molecule has 25 heavy (non-hydrogen) atoms. The number of carbonyl (C=O) groups excluding carboxylic acids is 1. The van der Waals surface area contributed by atoms with E-state index in [9.17, 15) is 9.90 Å². The minimum Gasteiger partial charge on any atom is -0.388 e. The molecule has 1 aromatic rings. The molecule has 2 saturated heterocycles. The zero-order valence-electron chi connectivity index (χ0n) is 15.1. The van der Waals surface area contributed by atoms with Crippen molar-refractivity contribution in [2.24, 2.45) is 0 Å². The van der Waals surface area contributed by atoms with Gasteiger partial charge in [0, 0.05) is 30.9 Å². The van der Waals surface area contributed by atoms with Crippen LogP contribution in [0.4, 0.5) is 0 Å². The van der Waals surface area contributed by atoms with Gasteiger partial charge >= 0.3 is 0 Å². The normalized spacial score (nSPS) is 28.0. The van der Waals surface area contributed by atoms with Crippen LogP contribution >= 0.6 is 0 Å². The Morgan fingerprint density at radius 2 is 1.84 bits per heavy atom. The molecule has 4 rings (SSSR count). The molecule has 3 heterocycles. The van der Waals surface area contributed by atoms with E-state index < -0.39 is 5.60 Å². The Morgan fingerprint density at radius 1 is 1.04 bits per heavy atom. The van der Waals surface area contributed by atoms with Gasteiger partial charge in [-0.3, -0.25) is 9.89 Å². The molecule has 6 heteroatoms. The van der Waals surface area contributed by atoms with Crippen molar-refractivity contribution < 1.29 is 9.90 Å². The fraction of sp³-hybridized carbons (Fsp3) is 0.789. The molecule has 1 aliphatic carbocycles. The van der Waals surface area contributed by atoms with E-state index in [1.807, 2.05) is 4.90 Å². The highest BCUT2D eigenvalue weighted by molar-refractivity contribution is 5.94. The molecule has 1 unspecified atom stereocenters. The summed E-state index contributed by atoms with van der Waals surface area (Å²) in [6, 6.07) is 0. The fourth-order valence-electron chi connectivity index (χ4n) is 4.70. The van der Waals surface area contributed by atoms with Crippen LogP contribution in [0.2, 0.25) is 0 Å². The number of fused-ring (bicyclic) bond motifs is 1. The predicted molar refractivity (Wildman–Crippen MR) is 95.6 cm³/mol. The Hall–Kier alpha value is -1.40. The van der Waals surface area contributed by atoms with Crippen molar-refractivity contribution in [3.8, 4) is 0 Å². The zero-order chi connectivity index (χ0) is 17.3. The Balaban J connectivity index is 1.42. The quantitative estimate of drug-likeness (QED) is 0.874. The Kier molecular flexibility index (Phi) is 4.82. The van der Waals surface area contributed by atoms with Gasteiger partial charge in [0.2, 0.25) is 0 Å². The second-order valence-electron chi connectivity index (χ2n) is 8.09. The summed E-state index contributed by atoms with van der Waals surface area (Å²) >= 11 is 0. The van der Waals surface area contributed by atoms with Gasteiger partial charge in [-0.15, -0.1) is 0 Å². The molecule has 2 aliphatic heterocycles. The Bertz CT molecular complexity index is 623. The molecule has 1 amide bonds. The first-order chi connectivity index (χ1) is 12.1. The molecule has 0 radical (unpaired) electrons. The number of β-amino-alcohol motifs (C(OH)–C–C–N with tert-alkyl or cyclic N) is 1. The lowest BCUT2D eigenvalue weighted by molar-refractivity contribution is -0.00292. The minimum absolute atomic E-state index is 0.0461. The first-order valence-electron chi connectivity index (χ1n) is 9.95.